The molecule has 0 aliphatic carbocycles. The van der Waals surface area contributed by atoms with Gasteiger partial charge in [-0.1, -0.05) is 15.9 Å². The van der Waals surface area contributed by atoms with E-state index in [1.54, 1.807) is 0 Å². The highest BCUT2D eigenvalue weighted by Gasteiger charge is 2.20. The molecule has 0 aliphatic rings. The van der Waals surface area contributed by atoms with Crippen LogP contribution in [0, 0.1) is 10.1 Å². The largest absolute Gasteiger partial charge is 0.495 e. The molecule has 0 aromatic heterocycles. The molecule has 6 nitrogen and oxygen atoms in total. The van der Waals surface area contributed by atoms with E-state index < -0.39 is 10.7 Å². The number of halogens is 1. The second-order valence-corrected chi connectivity index (χ2v) is 3.61. The zero-order chi connectivity index (χ0) is 13.0. The van der Waals surface area contributed by atoms with Crippen molar-refractivity contribution < 1.29 is 19.2 Å². The van der Waals surface area contributed by atoms with Gasteiger partial charge in [-0.05, 0) is 0 Å². The van der Waals surface area contributed by atoms with E-state index in [1.807, 2.05) is 0 Å². The first kappa shape index (κ1) is 13.3. The van der Waals surface area contributed by atoms with E-state index in [2.05, 4.69) is 15.9 Å². The Balaban J connectivity index is 3.53. The van der Waals surface area contributed by atoms with Gasteiger partial charge in [-0.2, -0.15) is 0 Å². The average molecular weight is 302 g/mol. The van der Waals surface area contributed by atoms with Crippen molar-refractivity contribution in [1.82, 2.24) is 0 Å². The average Bonchev–Trinajstić information content (AvgIpc) is 2.35. The van der Waals surface area contributed by atoms with Gasteiger partial charge in [-0.25, -0.2) is 0 Å². The molecule has 0 spiro atoms. The van der Waals surface area contributed by atoms with Gasteiger partial charge in [0.2, 0.25) is 0 Å². The number of nitro groups is 1. The predicted octanol–water partition coefficient (Wildman–Crippen LogP) is 1.99. The summed E-state index contributed by atoms with van der Waals surface area (Å²) in [6.07, 6.45) is 0.414. The van der Waals surface area contributed by atoms with Gasteiger partial charge < -0.3 is 4.74 Å². The van der Waals surface area contributed by atoms with Crippen LogP contribution in [0.4, 0.5) is 5.69 Å². The molecule has 1 aromatic carbocycles. The maximum atomic E-state index is 11.6. The third-order valence-electron chi connectivity index (χ3n) is 2.07. The lowest BCUT2D eigenvalue weighted by Crippen LogP contribution is -2.06. The summed E-state index contributed by atoms with van der Waals surface area (Å²) < 4.78 is 4.93. The number of Topliss-reactive ketones (excluding diaryl/α,β-unsaturated/α-hetero) is 1. The molecular formula is C10H8BrNO5. The van der Waals surface area contributed by atoms with Gasteiger partial charge in [0.1, 0.15) is 5.75 Å². The van der Waals surface area contributed by atoms with E-state index in [0.29, 0.717) is 6.29 Å². The molecule has 0 heterocycles. The number of aldehydes is 1. The number of nitro benzene ring substituents is 1. The molecule has 0 radical (unpaired) electrons. The van der Waals surface area contributed by atoms with Crippen molar-refractivity contribution in [3.63, 3.8) is 0 Å². The van der Waals surface area contributed by atoms with Crippen LogP contribution in [0.3, 0.4) is 0 Å². The molecule has 1 aromatic rings. The minimum atomic E-state index is -0.669. The second-order valence-electron chi connectivity index (χ2n) is 3.05. The number of benzene rings is 1. The normalized spacial score (nSPS) is 9.76. The van der Waals surface area contributed by atoms with E-state index >= 15 is 0 Å². The molecule has 0 saturated carbocycles. The number of hydrogen-bond acceptors (Lipinski definition) is 5. The summed E-state index contributed by atoms with van der Waals surface area (Å²) in [5, 5.41) is 10.6. The molecule has 0 saturated heterocycles. The summed E-state index contributed by atoms with van der Waals surface area (Å²) in [6.45, 7) is 0. The highest BCUT2D eigenvalue weighted by atomic mass is 79.9. The first-order chi connectivity index (χ1) is 8.04. The van der Waals surface area contributed by atoms with Crippen LogP contribution in [0.15, 0.2) is 12.1 Å². The van der Waals surface area contributed by atoms with Crippen LogP contribution in [0.25, 0.3) is 0 Å². The third kappa shape index (κ3) is 2.68. The molecule has 0 aliphatic heterocycles. The highest BCUT2D eigenvalue weighted by Crippen LogP contribution is 2.29. The Bertz CT molecular complexity index is 486. The Labute approximate surface area is 105 Å². The zero-order valence-electron chi connectivity index (χ0n) is 8.81. The number of carbonyl (C=O) groups excluding carboxylic acids is 2. The molecular weight excluding hydrogens is 294 g/mol. The molecule has 0 fully saturated rings. The molecule has 0 unspecified atom stereocenters. The summed E-state index contributed by atoms with van der Waals surface area (Å²) in [5.41, 5.74) is -0.330. The van der Waals surface area contributed by atoms with Crippen molar-refractivity contribution in [2.75, 3.05) is 12.4 Å². The first-order valence-corrected chi connectivity index (χ1v) is 5.58. The monoisotopic (exact) mass is 301 g/mol. The highest BCUT2D eigenvalue weighted by molar-refractivity contribution is 9.09. The molecule has 0 amide bonds. The number of ether oxygens (including phenoxy) is 1. The van der Waals surface area contributed by atoms with Crippen molar-refractivity contribution >= 4 is 33.7 Å². The van der Waals surface area contributed by atoms with Crippen LogP contribution in [0.1, 0.15) is 20.7 Å². The van der Waals surface area contributed by atoms with Gasteiger partial charge in [0, 0.05) is 12.1 Å². The predicted molar refractivity (Wildman–Crippen MR) is 63.2 cm³/mol. The fourth-order valence-electron chi connectivity index (χ4n) is 1.34. The zero-order valence-corrected chi connectivity index (χ0v) is 10.4. The Hall–Kier alpha value is -1.76. The minimum Gasteiger partial charge on any atom is -0.495 e. The van der Waals surface area contributed by atoms with Crippen molar-refractivity contribution in [2.45, 2.75) is 0 Å². The van der Waals surface area contributed by atoms with E-state index in [0.717, 1.165) is 12.1 Å². The van der Waals surface area contributed by atoms with Gasteiger partial charge in [-0.15, -0.1) is 0 Å². The van der Waals surface area contributed by atoms with Gasteiger partial charge in [0.25, 0.3) is 5.69 Å². The minimum absolute atomic E-state index is 0.0111. The van der Waals surface area contributed by atoms with E-state index in [-0.39, 0.29) is 27.9 Å². The summed E-state index contributed by atoms with van der Waals surface area (Å²) in [7, 11) is 1.29. The molecule has 1 rings (SSSR count). The summed E-state index contributed by atoms with van der Waals surface area (Å²) >= 11 is 2.96. The summed E-state index contributed by atoms with van der Waals surface area (Å²) in [5.74, 6) is -0.344. The third-order valence-corrected chi connectivity index (χ3v) is 2.58. The topological polar surface area (TPSA) is 86.5 Å². The van der Waals surface area contributed by atoms with E-state index in [1.165, 1.54) is 7.11 Å². The van der Waals surface area contributed by atoms with Crippen LogP contribution in [-0.4, -0.2) is 29.4 Å². The second kappa shape index (κ2) is 5.53. The fourth-order valence-corrected chi connectivity index (χ4v) is 1.64. The van der Waals surface area contributed by atoms with E-state index in [4.69, 9.17) is 4.74 Å². The Morgan fingerprint density at radius 1 is 1.59 bits per heavy atom. The van der Waals surface area contributed by atoms with Crippen LogP contribution in [0.2, 0.25) is 0 Å². The number of ketones is 1. The van der Waals surface area contributed by atoms with Crippen LogP contribution >= 0.6 is 15.9 Å². The number of nitrogens with zero attached hydrogens (tertiary/aromatic N) is 1. The first-order valence-electron chi connectivity index (χ1n) is 4.46. The maximum absolute atomic E-state index is 11.6. The molecule has 0 atom stereocenters. The van der Waals surface area contributed by atoms with Crippen molar-refractivity contribution in [2.24, 2.45) is 0 Å². The fraction of sp³-hybridized carbons (Fsp3) is 0.200. The lowest BCUT2D eigenvalue weighted by Gasteiger charge is -2.08. The molecule has 17 heavy (non-hydrogen) atoms. The van der Waals surface area contributed by atoms with Crippen molar-refractivity contribution in [1.29, 1.82) is 0 Å². The smallest absolute Gasteiger partial charge is 0.271 e. The number of alkyl halides is 1. The van der Waals surface area contributed by atoms with Gasteiger partial charge >= 0.3 is 0 Å². The maximum Gasteiger partial charge on any atom is 0.271 e. The summed E-state index contributed by atoms with van der Waals surface area (Å²) in [4.78, 5) is 32.4. The van der Waals surface area contributed by atoms with Gasteiger partial charge in [0.05, 0.1) is 28.5 Å². The Kier molecular flexibility index (Phi) is 4.33. The number of methoxy groups -OCH3 is 1. The number of carbonyl (C=O) groups is 2. The Morgan fingerprint density at radius 2 is 2.24 bits per heavy atom. The standard InChI is InChI=1S/C10H8BrNO5/c1-17-10-6(5-13)2-7(12(15)16)3-8(10)9(14)4-11/h2-3,5H,4H2,1H3. The van der Waals surface area contributed by atoms with Crippen molar-refractivity contribution in [3.8, 4) is 5.75 Å². The molecule has 0 bridgehead atoms. The van der Waals surface area contributed by atoms with Gasteiger partial charge in [0.15, 0.2) is 12.1 Å². The van der Waals surface area contributed by atoms with Crippen LogP contribution in [0.5, 0.6) is 5.75 Å². The number of rotatable bonds is 5. The molecule has 90 valence electrons. The lowest BCUT2D eigenvalue weighted by molar-refractivity contribution is -0.384. The van der Waals surface area contributed by atoms with Gasteiger partial charge in [-0.3, -0.25) is 19.7 Å². The number of hydrogen-bond donors (Lipinski definition) is 0. The molecule has 7 heteroatoms. The van der Waals surface area contributed by atoms with Crippen molar-refractivity contribution in [3.05, 3.63) is 33.4 Å². The summed E-state index contributed by atoms with van der Waals surface area (Å²) in [6, 6.07) is 2.16. The SMILES string of the molecule is COc1c(C=O)cc([N+](=O)[O-])cc1C(=O)CBr. The number of non-ortho nitro benzene ring substituents is 1. The van der Waals surface area contributed by atoms with Crippen LogP contribution in [-0.2, 0) is 0 Å². The lowest BCUT2D eigenvalue weighted by atomic mass is 10.1. The quantitative estimate of drug-likeness (QED) is 0.273. The van der Waals surface area contributed by atoms with E-state index in [9.17, 15) is 19.7 Å². The Morgan fingerprint density at radius 3 is 2.65 bits per heavy atom. The van der Waals surface area contributed by atoms with Crippen LogP contribution < -0.4 is 4.74 Å². The molecule has 0 N–H and O–H groups in total.